The lowest BCUT2D eigenvalue weighted by atomic mass is 9.99. The summed E-state index contributed by atoms with van der Waals surface area (Å²) in [5.74, 6) is 0. The van der Waals surface area contributed by atoms with Crippen LogP contribution in [-0.2, 0) is 13.5 Å². The van der Waals surface area contributed by atoms with Gasteiger partial charge in [0.2, 0.25) is 0 Å². The first-order chi connectivity index (χ1) is 9.72. The average Bonchev–Trinajstić information content (AvgIpc) is 2.83. The molecule has 1 unspecified atom stereocenters. The standard InChI is InChI=1S/C17H33N3/c1-5-8-9-10-11-12-17(18-13-6-2)15-14-20(4)19-16(15)7-3/h14,17-18H,5-13H2,1-4H3. The Hall–Kier alpha value is -0.830. The Bertz CT molecular complexity index is 357. The minimum absolute atomic E-state index is 0.486. The maximum absolute atomic E-state index is 4.59. The highest BCUT2D eigenvalue weighted by molar-refractivity contribution is 5.21. The second kappa shape index (κ2) is 9.98. The molecule has 1 N–H and O–H groups in total. The molecule has 0 spiro atoms. The van der Waals surface area contributed by atoms with Gasteiger partial charge < -0.3 is 5.32 Å². The number of unbranched alkanes of at least 4 members (excludes halogenated alkanes) is 4. The lowest BCUT2D eigenvalue weighted by molar-refractivity contribution is 0.465. The van der Waals surface area contributed by atoms with Crippen LogP contribution in [0.3, 0.4) is 0 Å². The molecule has 3 nitrogen and oxygen atoms in total. The van der Waals surface area contributed by atoms with Gasteiger partial charge in [-0.1, -0.05) is 52.9 Å². The fourth-order valence-electron chi connectivity index (χ4n) is 2.76. The third-order valence-electron chi connectivity index (χ3n) is 3.88. The Morgan fingerprint density at radius 1 is 1.10 bits per heavy atom. The average molecular weight is 279 g/mol. The van der Waals surface area contributed by atoms with E-state index in [-0.39, 0.29) is 0 Å². The van der Waals surface area contributed by atoms with E-state index in [0.29, 0.717) is 6.04 Å². The Balaban J connectivity index is 2.58. The Morgan fingerprint density at radius 2 is 1.85 bits per heavy atom. The molecule has 0 radical (unpaired) electrons. The third kappa shape index (κ3) is 5.66. The van der Waals surface area contributed by atoms with Crippen LogP contribution in [0.25, 0.3) is 0 Å². The van der Waals surface area contributed by atoms with Gasteiger partial charge in [0.1, 0.15) is 0 Å². The maximum atomic E-state index is 4.59. The van der Waals surface area contributed by atoms with Crippen molar-refractivity contribution in [2.45, 2.75) is 78.2 Å². The molecule has 1 rings (SSSR count). The minimum atomic E-state index is 0.486. The van der Waals surface area contributed by atoms with Crippen LogP contribution in [0.1, 0.15) is 83.0 Å². The van der Waals surface area contributed by atoms with E-state index in [9.17, 15) is 0 Å². The van der Waals surface area contributed by atoms with Gasteiger partial charge in [-0.3, -0.25) is 4.68 Å². The molecule has 0 aliphatic heterocycles. The molecular weight excluding hydrogens is 246 g/mol. The van der Waals surface area contributed by atoms with Gasteiger partial charge in [-0.15, -0.1) is 0 Å². The van der Waals surface area contributed by atoms with Crippen molar-refractivity contribution in [3.05, 3.63) is 17.5 Å². The van der Waals surface area contributed by atoms with Crippen molar-refractivity contribution < 1.29 is 0 Å². The number of rotatable bonds is 11. The zero-order valence-electron chi connectivity index (χ0n) is 13.9. The van der Waals surface area contributed by atoms with Gasteiger partial charge >= 0.3 is 0 Å². The van der Waals surface area contributed by atoms with Crippen LogP contribution >= 0.6 is 0 Å². The van der Waals surface area contributed by atoms with Crippen molar-refractivity contribution >= 4 is 0 Å². The number of hydrogen-bond acceptors (Lipinski definition) is 2. The molecule has 0 aliphatic rings. The van der Waals surface area contributed by atoms with Crippen molar-refractivity contribution in [1.82, 2.24) is 15.1 Å². The number of aromatic nitrogens is 2. The molecule has 0 fully saturated rings. The molecule has 0 saturated heterocycles. The van der Waals surface area contributed by atoms with E-state index in [1.165, 1.54) is 56.2 Å². The molecule has 0 amide bonds. The van der Waals surface area contributed by atoms with Gasteiger partial charge in [-0.05, 0) is 25.8 Å². The van der Waals surface area contributed by atoms with Crippen molar-refractivity contribution in [3.63, 3.8) is 0 Å². The molecule has 3 heteroatoms. The summed E-state index contributed by atoms with van der Waals surface area (Å²) in [4.78, 5) is 0. The van der Waals surface area contributed by atoms with E-state index in [1.54, 1.807) is 0 Å². The van der Waals surface area contributed by atoms with Gasteiger partial charge in [0.15, 0.2) is 0 Å². The summed E-state index contributed by atoms with van der Waals surface area (Å²) < 4.78 is 1.96. The molecule has 1 heterocycles. The summed E-state index contributed by atoms with van der Waals surface area (Å²) in [6, 6.07) is 0.486. The van der Waals surface area contributed by atoms with Crippen LogP contribution in [0.4, 0.5) is 0 Å². The smallest absolute Gasteiger partial charge is 0.0669 e. The second-order valence-electron chi connectivity index (χ2n) is 5.77. The van der Waals surface area contributed by atoms with Crippen LogP contribution < -0.4 is 5.32 Å². The highest BCUT2D eigenvalue weighted by atomic mass is 15.3. The Labute approximate surface area is 125 Å². The quantitative estimate of drug-likeness (QED) is 0.609. The summed E-state index contributed by atoms with van der Waals surface area (Å²) in [5.41, 5.74) is 2.67. The van der Waals surface area contributed by atoms with Gasteiger partial charge in [0, 0.05) is 24.8 Å². The SMILES string of the molecule is CCCCCCCC(NCCC)c1cn(C)nc1CC. The normalized spacial score (nSPS) is 12.8. The van der Waals surface area contributed by atoms with Gasteiger partial charge in [-0.2, -0.15) is 5.10 Å². The minimum Gasteiger partial charge on any atom is -0.310 e. The van der Waals surface area contributed by atoms with Crippen molar-refractivity contribution in [2.75, 3.05) is 6.54 Å². The monoisotopic (exact) mass is 279 g/mol. The molecule has 1 aromatic heterocycles. The zero-order valence-corrected chi connectivity index (χ0v) is 13.9. The molecule has 116 valence electrons. The first kappa shape index (κ1) is 17.2. The zero-order chi connectivity index (χ0) is 14.8. The molecule has 20 heavy (non-hydrogen) atoms. The number of aryl methyl sites for hydroxylation is 2. The van der Waals surface area contributed by atoms with Crippen LogP contribution in [-0.4, -0.2) is 16.3 Å². The van der Waals surface area contributed by atoms with E-state index >= 15 is 0 Å². The summed E-state index contributed by atoms with van der Waals surface area (Å²) in [5, 5.41) is 8.30. The highest BCUT2D eigenvalue weighted by Gasteiger charge is 2.16. The number of nitrogens with one attached hydrogen (secondary N) is 1. The topological polar surface area (TPSA) is 29.9 Å². The van der Waals surface area contributed by atoms with E-state index < -0.39 is 0 Å². The molecule has 0 saturated carbocycles. The lowest BCUT2D eigenvalue weighted by Gasteiger charge is -2.18. The van der Waals surface area contributed by atoms with Crippen LogP contribution in [0.2, 0.25) is 0 Å². The number of nitrogens with zero attached hydrogens (tertiary/aromatic N) is 2. The van der Waals surface area contributed by atoms with E-state index in [0.717, 1.165) is 13.0 Å². The van der Waals surface area contributed by atoms with Crippen LogP contribution in [0, 0.1) is 0 Å². The Kier molecular flexibility index (Phi) is 8.59. The van der Waals surface area contributed by atoms with Gasteiger partial charge in [0.05, 0.1) is 5.69 Å². The lowest BCUT2D eigenvalue weighted by Crippen LogP contribution is -2.22. The molecular formula is C17H33N3. The van der Waals surface area contributed by atoms with E-state index in [2.05, 4.69) is 37.4 Å². The maximum Gasteiger partial charge on any atom is 0.0669 e. The Morgan fingerprint density at radius 3 is 2.50 bits per heavy atom. The summed E-state index contributed by atoms with van der Waals surface area (Å²) in [7, 11) is 2.03. The molecule has 1 atom stereocenters. The first-order valence-corrected chi connectivity index (χ1v) is 8.48. The fourth-order valence-corrected chi connectivity index (χ4v) is 2.76. The van der Waals surface area contributed by atoms with E-state index in [4.69, 9.17) is 0 Å². The van der Waals surface area contributed by atoms with E-state index in [1.807, 2.05) is 11.7 Å². The van der Waals surface area contributed by atoms with Crippen molar-refractivity contribution in [3.8, 4) is 0 Å². The van der Waals surface area contributed by atoms with Crippen LogP contribution in [0.5, 0.6) is 0 Å². The predicted molar refractivity (Wildman–Crippen MR) is 87.0 cm³/mol. The molecule has 0 aliphatic carbocycles. The second-order valence-corrected chi connectivity index (χ2v) is 5.77. The first-order valence-electron chi connectivity index (χ1n) is 8.48. The molecule has 1 aromatic rings. The summed E-state index contributed by atoms with van der Waals surface area (Å²) >= 11 is 0. The van der Waals surface area contributed by atoms with Gasteiger partial charge in [0.25, 0.3) is 0 Å². The third-order valence-corrected chi connectivity index (χ3v) is 3.88. The fraction of sp³-hybridized carbons (Fsp3) is 0.824. The van der Waals surface area contributed by atoms with Gasteiger partial charge in [-0.25, -0.2) is 0 Å². The van der Waals surface area contributed by atoms with Crippen molar-refractivity contribution in [1.29, 1.82) is 0 Å². The summed E-state index contributed by atoms with van der Waals surface area (Å²) in [6.07, 6.45) is 12.4. The van der Waals surface area contributed by atoms with Crippen molar-refractivity contribution in [2.24, 2.45) is 7.05 Å². The molecule has 0 bridgehead atoms. The van der Waals surface area contributed by atoms with Crippen LogP contribution in [0.15, 0.2) is 6.20 Å². The summed E-state index contributed by atoms with van der Waals surface area (Å²) in [6.45, 7) is 7.80. The number of hydrogen-bond donors (Lipinski definition) is 1. The highest BCUT2D eigenvalue weighted by Crippen LogP contribution is 2.23. The largest absolute Gasteiger partial charge is 0.310 e. The molecule has 0 aromatic carbocycles. The predicted octanol–water partition coefficient (Wildman–Crippen LogP) is 4.38.